The van der Waals surface area contributed by atoms with Crippen LogP contribution in [0.5, 0.6) is 0 Å². The molecule has 1 aliphatic heterocycles. The zero-order chi connectivity index (χ0) is 14.5. The number of hydrogen-bond donors (Lipinski definition) is 3. The van der Waals surface area contributed by atoms with Gasteiger partial charge in [-0.2, -0.15) is 0 Å². The van der Waals surface area contributed by atoms with E-state index in [0.717, 1.165) is 10.5 Å². The molecule has 0 saturated heterocycles. The van der Waals surface area contributed by atoms with Crippen molar-refractivity contribution < 1.29 is 19.8 Å². The van der Waals surface area contributed by atoms with Crippen molar-refractivity contribution in [3.05, 3.63) is 41.6 Å². The topological polar surface area (TPSA) is 89.9 Å². The SMILES string of the molecule is O=C1C=C(Nc2ccc(CCO)cc2)C(=O)N1CCO. The van der Waals surface area contributed by atoms with Crippen molar-refractivity contribution in [3.63, 3.8) is 0 Å². The molecule has 2 rings (SSSR count). The van der Waals surface area contributed by atoms with Gasteiger partial charge in [-0.3, -0.25) is 14.5 Å². The van der Waals surface area contributed by atoms with Crippen LogP contribution in [0.1, 0.15) is 5.56 Å². The third-order valence-corrected chi connectivity index (χ3v) is 2.97. The van der Waals surface area contributed by atoms with E-state index in [4.69, 9.17) is 10.2 Å². The monoisotopic (exact) mass is 276 g/mol. The van der Waals surface area contributed by atoms with Crippen LogP contribution >= 0.6 is 0 Å². The average Bonchev–Trinajstić information content (AvgIpc) is 2.69. The van der Waals surface area contributed by atoms with Crippen LogP contribution in [-0.4, -0.2) is 46.7 Å². The molecule has 1 aromatic rings. The molecule has 6 nitrogen and oxygen atoms in total. The molecule has 1 heterocycles. The van der Waals surface area contributed by atoms with E-state index < -0.39 is 11.8 Å². The van der Waals surface area contributed by atoms with E-state index in [9.17, 15) is 9.59 Å². The highest BCUT2D eigenvalue weighted by Crippen LogP contribution is 2.17. The van der Waals surface area contributed by atoms with Crippen molar-refractivity contribution in [1.82, 2.24) is 4.90 Å². The Balaban J connectivity index is 2.05. The van der Waals surface area contributed by atoms with E-state index in [2.05, 4.69) is 5.32 Å². The van der Waals surface area contributed by atoms with Gasteiger partial charge < -0.3 is 15.5 Å². The second-order valence-corrected chi connectivity index (χ2v) is 4.37. The quantitative estimate of drug-likeness (QED) is 0.630. The summed E-state index contributed by atoms with van der Waals surface area (Å²) in [5, 5.41) is 20.5. The van der Waals surface area contributed by atoms with Crippen molar-refractivity contribution in [2.45, 2.75) is 6.42 Å². The van der Waals surface area contributed by atoms with Crippen LogP contribution in [0.4, 0.5) is 5.69 Å². The first-order valence-corrected chi connectivity index (χ1v) is 6.31. The third-order valence-electron chi connectivity index (χ3n) is 2.97. The van der Waals surface area contributed by atoms with Crippen LogP contribution in [0.2, 0.25) is 0 Å². The minimum atomic E-state index is -0.441. The minimum Gasteiger partial charge on any atom is -0.396 e. The van der Waals surface area contributed by atoms with Gasteiger partial charge in [-0.25, -0.2) is 0 Å². The standard InChI is InChI=1S/C14H16N2O4/c17-7-5-10-1-3-11(4-2-10)15-12-9-13(19)16(6-8-18)14(12)20/h1-4,9,15,17-18H,5-8H2. The number of β-amino-alcohol motifs (C(OH)–C–C–N with tert-alkyl or cyclic N) is 1. The summed E-state index contributed by atoms with van der Waals surface area (Å²) in [5.41, 5.74) is 1.87. The summed E-state index contributed by atoms with van der Waals surface area (Å²) < 4.78 is 0. The lowest BCUT2D eigenvalue weighted by Gasteiger charge is -2.13. The normalized spacial score (nSPS) is 14.7. The van der Waals surface area contributed by atoms with Gasteiger partial charge in [0.05, 0.1) is 13.2 Å². The van der Waals surface area contributed by atoms with E-state index in [1.165, 1.54) is 6.08 Å². The van der Waals surface area contributed by atoms with Gasteiger partial charge in [-0.15, -0.1) is 0 Å². The molecule has 0 unspecified atom stereocenters. The first kappa shape index (κ1) is 14.2. The zero-order valence-electron chi connectivity index (χ0n) is 10.9. The van der Waals surface area contributed by atoms with Crippen LogP contribution in [-0.2, 0) is 16.0 Å². The number of aliphatic hydroxyl groups is 2. The van der Waals surface area contributed by atoms with Crippen LogP contribution < -0.4 is 5.32 Å². The maximum absolute atomic E-state index is 11.9. The molecular weight excluding hydrogens is 260 g/mol. The van der Waals surface area contributed by atoms with Crippen LogP contribution in [0.3, 0.4) is 0 Å². The highest BCUT2D eigenvalue weighted by atomic mass is 16.3. The number of anilines is 1. The Morgan fingerprint density at radius 1 is 1.05 bits per heavy atom. The number of rotatable bonds is 6. The van der Waals surface area contributed by atoms with Crippen molar-refractivity contribution >= 4 is 17.5 Å². The van der Waals surface area contributed by atoms with Gasteiger partial charge in [0, 0.05) is 18.4 Å². The lowest BCUT2D eigenvalue weighted by molar-refractivity contribution is -0.137. The predicted octanol–water partition coefficient (Wildman–Crippen LogP) is -0.122. The Labute approximate surface area is 116 Å². The van der Waals surface area contributed by atoms with E-state index in [0.29, 0.717) is 12.1 Å². The summed E-state index contributed by atoms with van der Waals surface area (Å²) in [6.45, 7) is -0.176. The number of amides is 2. The number of nitrogens with zero attached hydrogens (tertiary/aromatic N) is 1. The van der Waals surface area contributed by atoms with E-state index in [1.54, 1.807) is 12.1 Å². The molecule has 0 saturated carbocycles. The molecule has 20 heavy (non-hydrogen) atoms. The van der Waals surface area contributed by atoms with Gasteiger partial charge >= 0.3 is 0 Å². The maximum atomic E-state index is 11.9. The van der Waals surface area contributed by atoms with Crippen LogP contribution in [0, 0.1) is 0 Å². The van der Waals surface area contributed by atoms with Crippen molar-refractivity contribution in [3.8, 4) is 0 Å². The second kappa shape index (κ2) is 6.31. The highest BCUT2D eigenvalue weighted by molar-refractivity contribution is 6.17. The molecule has 0 aromatic heterocycles. The summed E-state index contributed by atoms with van der Waals surface area (Å²) in [7, 11) is 0. The average molecular weight is 276 g/mol. The molecular formula is C14H16N2O4. The van der Waals surface area contributed by atoms with Gasteiger partial charge in [0.25, 0.3) is 11.8 Å². The smallest absolute Gasteiger partial charge is 0.277 e. The molecule has 0 bridgehead atoms. The predicted molar refractivity (Wildman–Crippen MR) is 72.7 cm³/mol. The van der Waals surface area contributed by atoms with Gasteiger partial charge in [-0.1, -0.05) is 12.1 Å². The fourth-order valence-electron chi connectivity index (χ4n) is 1.95. The lowest BCUT2D eigenvalue weighted by atomic mass is 10.1. The summed E-state index contributed by atoms with van der Waals surface area (Å²) in [5.74, 6) is -0.869. The molecule has 3 N–H and O–H groups in total. The Morgan fingerprint density at radius 2 is 1.75 bits per heavy atom. The lowest BCUT2D eigenvalue weighted by Crippen LogP contribution is -2.34. The van der Waals surface area contributed by atoms with Crippen molar-refractivity contribution in [1.29, 1.82) is 0 Å². The molecule has 1 aromatic carbocycles. The molecule has 0 fully saturated rings. The number of benzene rings is 1. The number of carbonyl (C=O) groups is 2. The first-order valence-electron chi connectivity index (χ1n) is 6.31. The summed E-state index contributed by atoms with van der Waals surface area (Å²) >= 11 is 0. The molecule has 0 atom stereocenters. The molecule has 6 heteroatoms. The maximum Gasteiger partial charge on any atom is 0.277 e. The zero-order valence-corrected chi connectivity index (χ0v) is 10.9. The summed E-state index contributed by atoms with van der Waals surface area (Å²) in [4.78, 5) is 24.5. The number of nitrogens with one attached hydrogen (secondary N) is 1. The number of carbonyl (C=O) groups excluding carboxylic acids is 2. The Kier molecular flexibility index (Phi) is 4.49. The largest absolute Gasteiger partial charge is 0.396 e. The van der Waals surface area contributed by atoms with Crippen LogP contribution in [0.15, 0.2) is 36.0 Å². The molecule has 0 radical (unpaired) electrons. The van der Waals surface area contributed by atoms with Crippen molar-refractivity contribution in [2.24, 2.45) is 0 Å². The summed E-state index contributed by atoms with van der Waals surface area (Å²) in [6, 6.07) is 7.23. The number of hydrogen-bond acceptors (Lipinski definition) is 5. The fraction of sp³-hybridized carbons (Fsp3) is 0.286. The Hall–Kier alpha value is -2.18. The summed E-state index contributed by atoms with van der Waals surface area (Å²) in [6.07, 6.45) is 1.80. The van der Waals surface area contributed by atoms with E-state index >= 15 is 0 Å². The molecule has 106 valence electrons. The van der Waals surface area contributed by atoms with Gasteiger partial charge in [-0.05, 0) is 24.1 Å². The van der Waals surface area contributed by atoms with Gasteiger partial charge in [0.2, 0.25) is 0 Å². The number of imide groups is 1. The van der Waals surface area contributed by atoms with Crippen molar-refractivity contribution in [2.75, 3.05) is 25.1 Å². The molecule has 2 amide bonds. The van der Waals surface area contributed by atoms with Gasteiger partial charge in [0.1, 0.15) is 5.70 Å². The number of aliphatic hydroxyl groups excluding tert-OH is 2. The van der Waals surface area contributed by atoms with E-state index in [-0.39, 0.29) is 25.5 Å². The minimum absolute atomic E-state index is 0.00517. The second-order valence-electron chi connectivity index (χ2n) is 4.37. The Morgan fingerprint density at radius 3 is 2.35 bits per heavy atom. The van der Waals surface area contributed by atoms with Gasteiger partial charge in [0.15, 0.2) is 0 Å². The molecule has 0 aliphatic carbocycles. The first-order chi connectivity index (χ1) is 9.65. The fourth-order valence-corrected chi connectivity index (χ4v) is 1.95. The molecule has 1 aliphatic rings. The third kappa shape index (κ3) is 3.04. The van der Waals surface area contributed by atoms with Crippen LogP contribution in [0.25, 0.3) is 0 Å². The van der Waals surface area contributed by atoms with E-state index in [1.807, 2.05) is 12.1 Å². The molecule has 0 spiro atoms. The highest BCUT2D eigenvalue weighted by Gasteiger charge is 2.30. The Bertz CT molecular complexity index is 537.